The second kappa shape index (κ2) is 6.80. The van der Waals surface area contributed by atoms with Gasteiger partial charge < -0.3 is 4.42 Å². The minimum atomic E-state index is -3.67. The standard InChI is InChI=1S/C21H29N3O4S/c1-14-10-15(2)24(23-14)17(18-6-5-9-28-18)12-22-29(26,27)13-21-8-7-16(11-19(21)25)20(21,3)4/h5-6,9-10,16-17,22H,7-8,11-13H2,1-4H3. The fourth-order valence-electron chi connectivity index (χ4n) is 5.44. The van der Waals surface area contributed by atoms with Gasteiger partial charge in [-0.3, -0.25) is 9.48 Å². The summed E-state index contributed by atoms with van der Waals surface area (Å²) in [5, 5.41) is 4.51. The van der Waals surface area contributed by atoms with Crippen LogP contribution in [0.5, 0.6) is 0 Å². The highest BCUT2D eigenvalue weighted by Crippen LogP contribution is 2.64. The average Bonchev–Trinajstić information content (AvgIpc) is 3.34. The molecule has 0 saturated heterocycles. The SMILES string of the molecule is Cc1cc(C)n(C(CNS(=O)(=O)CC23CCC(CC2=O)C3(C)C)c2ccco2)n1. The van der Waals surface area contributed by atoms with E-state index in [1.54, 1.807) is 17.0 Å². The molecule has 8 heteroatoms. The maximum atomic E-state index is 13.1. The van der Waals surface area contributed by atoms with Gasteiger partial charge in [-0.1, -0.05) is 13.8 Å². The van der Waals surface area contributed by atoms with Gasteiger partial charge in [-0.2, -0.15) is 5.10 Å². The van der Waals surface area contributed by atoms with Crippen molar-refractivity contribution in [3.8, 4) is 0 Å². The van der Waals surface area contributed by atoms with Crippen LogP contribution in [0.25, 0.3) is 0 Å². The second-order valence-corrected chi connectivity index (χ2v) is 11.0. The molecule has 2 heterocycles. The molecule has 29 heavy (non-hydrogen) atoms. The van der Waals surface area contributed by atoms with Gasteiger partial charge in [0.25, 0.3) is 0 Å². The molecule has 0 aliphatic heterocycles. The third-order valence-corrected chi connectivity index (χ3v) is 8.76. The number of nitrogens with one attached hydrogen (secondary N) is 1. The molecule has 2 saturated carbocycles. The highest BCUT2D eigenvalue weighted by molar-refractivity contribution is 7.89. The van der Waals surface area contributed by atoms with Gasteiger partial charge in [0.05, 0.1) is 17.7 Å². The molecule has 3 unspecified atom stereocenters. The van der Waals surface area contributed by atoms with E-state index < -0.39 is 21.5 Å². The zero-order chi connectivity index (χ0) is 21.0. The van der Waals surface area contributed by atoms with Crippen LogP contribution in [0.15, 0.2) is 28.9 Å². The second-order valence-electron chi connectivity index (χ2n) is 9.18. The summed E-state index contributed by atoms with van der Waals surface area (Å²) in [6.07, 6.45) is 3.65. The number of furan rings is 1. The first-order valence-electron chi connectivity index (χ1n) is 10.1. The lowest BCUT2D eigenvalue weighted by Crippen LogP contribution is -2.46. The molecule has 0 aromatic carbocycles. The molecule has 7 nitrogen and oxygen atoms in total. The minimum Gasteiger partial charge on any atom is -0.467 e. The van der Waals surface area contributed by atoms with Crippen LogP contribution in [0, 0.1) is 30.6 Å². The fourth-order valence-corrected chi connectivity index (χ4v) is 7.28. The lowest BCUT2D eigenvalue weighted by molar-refractivity contribution is -0.128. The lowest BCUT2D eigenvalue weighted by Gasteiger charge is -2.36. The average molecular weight is 420 g/mol. The Morgan fingerprint density at radius 3 is 2.66 bits per heavy atom. The van der Waals surface area contributed by atoms with Gasteiger partial charge in [-0.15, -0.1) is 0 Å². The first-order chi connectivity index (χ1) is 13.6. The largest absolute Gasteiger partial charge is 0.467 e. The van der Waals surface area contributed by atoms with Crippen LogP contribution in [-0.4, -0.2) is 36.3 Å². The van der Waals surface area contributed by atoms with Crippen molar-refractivity contribution in [2.45, 2.75) is 53.0 Å². The van der Waals surface area contributed by atoms with Crippen LogP contribution < -0.4 is 4.72 Å². The topological polar surface area (TPSA) is 94.2 Å². The molecular weight excluding hydrogens is 390 g/mol. The Morgan fingerprint density at radius 1 is 1.38 bits per heavy atom. The van der Waals surface area contributed by atoms with Gasteiger partial charge in [0.15, 0.2) is 0 Å². The molecule has 2 aliphatic rings. The van der Waals surface area contributed by atoms with Crippen molar-refractivity contribution in [3.63, 3.8) is 0 Å². The highest BCUT2D eigenvalue weighted by Gasteiger charge is 2.65. The van der Waals surface area contributed by atoms with Gasteiger partial charge in [0.2, 0.25) is 10.0 Å². The molecule has 2 fully saturated rings. The van der Waals surface area contributed by atoms with Gasteiger partial charge in [0.1, 0.15) is 17.6 Å². The molecule has 0 spiro atoms. The first kappa shape index (κ1) is 20.3. The molecule has 2 aromatic rings. The van der Waals surface area contributed by atoms with Gasteiger partial charge in [-0.05, 0) is 56.2 Å². The van der Waals surface area contributed by atoms with Crippen molar-refractivity contribution in [2.24, 2.45) is 16.7 Å². The zero-order valence-electron chi connectivity index (χ0n) is 17.4. The quantitative estimate of drug-likeness (QED) is 0.744. The van der Waals surface area contributed by atoms with E-state index in [1.807, 2.05) is 39.8 Å². The van der Waals surface area contributed by atoms with E-state index >= 15 is 0 Å². The van der Waals surface area contributed by atoms with Crippen molar-refractivity contribution in [1.82, 2.24) is 14.5 Å². The van der Waals surface area contributed by atoms with Gasteiger partial charge in [0, 0.05) is 24.1 Å². The van der Waals surface area contributed by atoms with Gasteiger partial charge in [-0.25, -0.2) is 13.1 Å². The molecule has 0 radical (unpaired) electrons. The number of sulfonamides is 1. The van der Waals surface area contributed by atoms with Gasteiger partial charge >= 0.3 is 0 Å². The zero-order valence-corrected chi connectivity index (χ0v) is 18.3. The number of hydrogen-bond donors (Lipinski definition) is 1. The minimum absolute atomic E-state index is 0.102. The first-order valence-corrected chi connectivity index (χ1v) is 11.8. The summed E-state index contributed by atoms with van der Waals surface area (Å²) in [4.78, 5) is 12.7. The van der Waals surface area contributed by atoms with Crippen molar-refractivity contribution < 1.29 is 17.6 Å². The number of aromatic nitrogens is 2. The number of rotatable bonds is 7. The van der Waals surface area contributed by atoms with E-state index in [0.29, 0.717) is 18.6 Å². The number of carbonyl (C=O) groups excluding carboxylic acids is 1. The van der Waals surface area contributed by atoms with Crippen LogP contribution in [0.1, 0.15) is 56.3 Å². The number of carbonyl (C=O) groups is 1. The van der Waals surface area contributed by atoms with E-state index in [1.165, 1.54) is 0 Å². The van der Waals surface area contributed by atoms with E-state index in [0.717, 1.165) is 17.8 Å². The van der Waals surface area contributed by atoms with Crippen LogP contribution in [0.4, 0.5) is 0 Å². The summed E-state index contributed by atoms with van der Waals surface area (Å²) in [6, 6.07) is 5.15. The normalized spacial score (nSPS) is 26.9. The van der Waals surface area contributed by atoms with Crippen molar-refractivity contribution in [1.29, 1.82) is 0 Å². The molecule has 1 N–H and O–H groups in total. The van der Waals surface area contributed by atoms with E-state index in [-0.39, 0.29) is 29.4 Å². The molecular formula is C21H29N3O4S. The van der Waals surface area contributed by atoms with Crippen molar-refractivity contribution in [3.05, 3.63) is 41.6 Å². The summed E-state index contributed by atoms with van der Waals surface area (Å²) < 4.78 is 36.2. The molecule has 3 atom stereocenters. The molecule has 2 bridgehead atoms. The summed E-state index contributed by atoms with van der Waals surface area (Å²) in [6.45, 7) is 8.04. The van der Waals surface area contributed by atoms with Crippen LogP contribution in [0.3, 0.4) is 0 Å². The summed E-state index contributed by atoms with van der Waals surface area (Å²) in [5.74, 6) is 0.876. The number of Topliss-reactive ketones (excluding diaryl/α,β-unsaturated/α-hetero) is 1. The summed E-state index contributed by atoms with van der Waals surface area (Å²) >= 11 is 0. The Kier molecular flexibility index (Phi) is 4.77. The third kappa shape index (κ3) is 3.26. The molecule has 4 rings (SSSR count). The lowest BCUT2D eigenvalue weighted by atomic mass is 9.70. The monoisotopic (exact) mass is 419 g/mol. The number of hydrogen-bond acceptors (Lipinski definition) is 5. The number of aryl methyl sites for hydroxylation is 2. The summed E-state index contributed by atoms with van der Waals surface area (Å²) in [7, 11) is -3.67. The maximum absolute atomic E-state index is 13.1. The molecule has 0 amide bonds. The van der Waals surface area contributed by atoms with Crippen LogP contribution in [-0.2, 0) is 14.8 Å². The van der Waals surface area contributed by atoms with E-state index in [2.05, 4.69) is 9.82 Å². The van der Waals surface area contributed by atoms with E-state index in [9.17, 15) is 13.2 Å². The van der Waals surface area contributed by atoms with E-state index in [4.69, 9.17) is 4.42 Å². The van der Waals surface area contributed by atoms with Crippen LogP contribution >= 0.6 is 0 Å². The Hall–Kier alpha value is -1.93. The Balaban J connectivity index is 1.56. The number of ketones is 1. The molecule has 158 valence electrons. The predicted octanol–water partition coefficient (Wildman–Crippen LogP) is 3.00. The fraction of sp³-hybridized carbons (Fsp3) is 0.619. The van der Waals surface area contributed by atoms with Crippen LogP contribution in [0.2, 0.25) is 0 Å². The summed E-state index contributed by atoms with van der Waals surface area (Å²) in [5.41, 5.74) is 0.722. The number of fused-ring (bicyclic) bond motifs is 2. The maximum Gasteiger partial charge on any atom is 0.212 e. The Bertz CT molecular complexity index is 1020. The Morgan fingerprint density at radius 2 is 2.14 bits per heavy atom. The molecule has 2 aromatic heterocycles. The number of nitrogens with zero attached hydrogens (tertiary/aromatic N) is 2. The predicted molar refractivity (Wildman–Crippen MR) is 109 cm³/mol. The highest BCUT2D eigenvalue weighted by atomic mass is 32.2. The third-order valence-electron chi connectivity index (χ3n) is 7.28. The van der Waals surface area contributed by atoms with Crippen molar-refractivity contribution in [2.75, 3.05) is 12.3 Å². The van der Waals surface area contributed by atoms with Crippen molar-refractivity contribution >= 4 is 15.8 Å². The Labute approximate surface area is 171 Å². The smallest absolute Gasteiger partial charge is 0.212 e. The molecule has 2 aliphatic carbocycles.